The van der Waals surface area contributed by atoms with Crippen LogP contribution in [0.2, 0.25) is 0 Å². The van der Waals surface area contributed by atoms with Crippen molar-refractivity contribution in [3.8, 4) is 5.75 Å². The molecular weight excluding hydrogens is 417 g/mol. The lowest BCUT2D eigenvalue weighted by molar-refractivity contribution is -0.141. The van der Waals surface area contributed by atoms with Gasteiger partial charge in [-0.2, -0.15) is 13.2 Å². The summed E-state index contributed by atoms with van der Waals surface area (Å²) in [5.41, 5.74) is -0.468. The first kappa shape index (κ1) is 22.0. The molecule has 0 spiro atoms. The van der Waals surface area contributed by atoms with E-state index in [9.17, 15) is 22.8 Å². The van der Waals surface area contributed by atoms with Gasteiger partial charge in [0.1, 0.15) is 29.5 Å². The largest absolute Gasteiger partial charge is 0.489 e. The van der Waals surface area contributed by atoms with Gasteiger partial charge in [0, 0.05) is 5.56 Å². The first-order valence-corrected chi connectivity index (χ1v) is 8.90. The highest BCUT2D eigenvalue weighted by atomic mass is 19.4. The maximum atomic E-state index is 12.8. The van der Waals surface area contributed by atoms with Crippen molar-refractivity contribution in [2.45, 2.75) is 26.6 Å². The van der Waals surface area contributed by atoms with Crippen LogP contribution in [-0.2, 0) is 12.8 Å². The van der Waals surface area contributed by atoms with Gasteiger partial charge in [0.2, 0.25) is 0 Å². The number of pyridine rings is 1. The molecule has 3 rings (SSSR count). The summed E-state index contributed by atoms with van der Waals surface area (Å²) in [6.07, 6.45) is -4.74. The van der Waals surface area contributed by atoms with Gasteiger partial charge in [0.15, 0.2) is 0 Å². The van der Waals surface area contributed by atoms with Crippen molar-refractivity contribution in [2.24, 2.45) is 5.84 Å². The van der Waals surface area contributed by atoms with E-state index in [-0.39, 0.29) is 17.2 Å². The van der Waals surface area contributed by atoms with Crippen LogP contribution in [0, 0.1) is 13.8 Å². The Morgan fingerprint density at radius 1 is 1.13 bits per heavy atom. The number of nitrogens with two attached hydrogens (primary N) is 1. The number of ether oxygens (including phenoxy) is 1. The fraction of sp³-hybridized carbons (Fsp3) is 0.200. The normalized spacial score (nSPS) is 11.3. The Morgan fingerprint density at radius 3 is 2.48 bits per heavy atom. The van der Waals surface area contributed by atoms with Gasteiger partial charge in [-0.05, 0) is 44.2 Å². The second-order valence-electron chi connectivity index (χ2n) is 6.51. The van der Waals surface area contributed by atoms with E-state index in [1.165, 1.54) is 18.2 Å². The zero-order valence-electron chi connectivity index (χ0n) is 16.4. The topological polar surface area (TPSA) is 112 Å². The van der Waals surface area contributed by atoms with Crippen LogP contribution in [0.5, 0.6) is 5.75 Å². The average Bonchev–Trinajstić information content (AvgIpc) is 3.07. The first-order chi connectivity index (χ1) is 14.6. The Kier molecular flexibility index (Phi) is 6.07. The van der Waals surface area contributed by atoms with E-state index >= 15 is 0 Å². The van der Waals surface area contributed by atoms with Gasteiger partial charge in [-0.25, -0.2) is 15.8 Å². The van der Waals surface area contributed by atoms with E-state index in [4.69, 9.17) is 15.1 Å². The summed E-state index contributed by atoms with van der Waals surface area (Å²) in [7, 11) is 0. The Balaban J connectivity index is 1.75. The van der Waals surface area contributed by atoms with E-state index in [1.807, 2.05) is 0 Å². The van der Waals surface area contributed by atoms with Crippen LogP contribution in [0.1, 0.15) is 43.6 Å². The van der Waals surface area contributed by atoms with Crippen LogP contribution in [0.15, 0.2) is 47.0 Å². The van der Waals surface area contributed by atoms with Gasteiger partial charge in [0.25, 0.3) is 11.8 Å². The molecule has 0 saturated heterocycles. The minimum atomic E-state index is -4.74. The summed E-state index contributed by atoms with van der Waals surface area (Å²) in [6.45, 7) is 3.63. The zero-order chi connectivity index (χ0) is 22.8. The van der Waals surface area contributed by atoms with E-state index in [0.717, 1.165) is 17.7 Å². The maximum absolute atomic E-state index is 12.8. The van der Waals surface area contributed by atoms with Crippen LogP contribution in [-0.4, -0.2) is 27.0 Å². The average molecular weight is 434 g/mol. The zero-order valence-corrected chi connectivity index (χ0v) is 16.4. The summed E-state index contributed by atoms with van der Waals surface area (Å²) in [5, 5.41) is 4.03. The molecule has 31 heavy (non-hydrogen) atoms. The molecule has 0 atom stereocenters. The van der Waals surface area contributed by atoms with Crippen molar-refractivity contribution < 1.29 is 32.0 Å². The van der Waals surface area contributed by atoms with Crippen molar-refractivity contribution in [2.75, 3.05) is 0 Å². The number of carbonyl (C=O) groups is 2. The number of amides is 2. The molecule has 2 heterocycles. The number of carbonyl (C=O) groups excluding carboxylic acids is 2. The lowest BCUT2D eigenvalue weighted by Crippen LogP contribution is -2.43. The SMILES string of the molecule is Cc1noc(C)c1COc1cccc(C(=O)N(N)C(=O)c2cccc(C(F)(F)F)n2)c1. The number of nitrogens with zero attached hydrogens (tertiary/aromatic N) is 3. The lowest BCUT2D eigenvalue weighted by atomic mass is 10.2. The van der Waals surface area contributed by atoms with E-state index in [0.29, 0.717) is 23.3 Å². The van der Waals surface area contributed by atoms with Crippen LogP contribution in [0.25, 0.3) is 0 Å². The quantitative estimate of drug-likeness (QED) is 0.283. The molecule has 3 aromatic rings. The summed E-state index contributed by atoms with van der Waals surface area (Å²) in [5.74, 6) is 4.36. The molecule has 0 fully saturated rings. The third kappa shape index (κ3) is 4.89. The number of imide groups is 1. The van der Waals surface area contributed by atoms with E-state index in [2.05, 4.69) is 10.1 Å². The third-order valence-corrected chi connectivity index (χ3v) is 4.34. The van der Waals surface area contributed by atoms with E-state index < -0.39 is 29.4 Å². The Labute approximate surface area is 174 Å². The molecular formula is C20H17F3N4O4. The van der Waals surface area contributed by atoms with Crippen molar-refractivity contribution >= 4 is 11.8 Å². The number of alkyl halides is 3. The number of hydrogen-bond donors (Lipinski definition) is 1. The van der Waals surface area contributed by atoms with Gasteiger partial charge < -0.3 is 9.26 Å². The molecule has 1 aromatic carbocycles. The molecule has 0 unspecified atom stereocenters. The van der Waals surface area contributed by atoms with E-state index in [1.54, 1.807) is 19.9 Å². The molecule has 2 N–H and O–H groups in total. The number of hydrazine groups is 1. The summed E-state index contributed by atoms with van der Waals surface area (Å²) < 4.78 is 49.1. The molecule has 11 heteroatoms. The van der Waals surface area contributed by atoms with Crippen molar-refractivity contribution in [1.82, 2.24) is 15.1 Å². The summed E-state index contributed by atoms with van der Waals surface area (Å²) in [4.78, 5) is 28.2. The number of halogens is 3. The Hall–Kier alpha value is -3.73. The van der Waals surface area contributed by atoms with Gasteiger partial charge in [-0.1, -0.05) is 17.3 Å². The number of benzene rings is 1. The lowest BCUT2D eigenvalue weighted by Gasteiger charge is -2.16. The number of aromatic nitrogens is 2. The predicted octanol–water partition coefficient (Wildman–Crippen LogP) is 3.44. The molecule has 0 aliphatic carbocycles. The van der Waals surface area contributed by atoms with Crippen LogP contribution in [0.3, 0.4) is 0 Å². The van der Waals surface area contributed by atoms with Crippen LogP contribution >= 0.6 is 0 Å². The van der Waals surface area contributed by atoms with Crippen molar-refractivity contribution in [3.05, 3.63) is 76.4 Å². The number of aryl methyl sites for hydroxylation is 2. The highest BCUT2D eigenvalue weighted by Crippen LogP contribution is 2.27. The second-order valence-corrected chi connectivity index (χ2v) is 6.51. The van der Waals surface area contributed by atoms with Crippen molar-refractivity contribution in [3.63, 3.8) is 0 Å². The summed E-state index contributed by atoms with van der Waals surface area (Å²) in [6, 6.07) is 8.59. The fourth-order valence-electron chi connectivity index (χ4n) is 2.65. The molecule has 0 aliphatic rings. The van der Waals surface area contributed by atoms with Gasteiger partial charge in [-0.3, -0.25) is 9.59 Å². The standard InChI is InChI=1S/C20H17F3N4O4/c1-11-15(12(2)31-26-11)10-30-14-6-3-5-13(9-14)18(28)27(24)19(29)16-7-4-8-17(25-16)20(21,22)23/h3-9H,10,24H2,1-2H3. The number of hydrogen-bond acceptors (Lipinski definition) is 7. The van der Waals surface area contributed by atoms with Crippen LogP contribution in [0.4, 0.5) is 13.2 Å². The predicted molar refractivity (Wildman–Crippen MR) is 101 cm³/mol. The minimum Gasteiger partial charge on any atom is -0.489 e. The highest BCUT2D eigenvalue weighted by Gasteiger charge is 2.33. The molecule has 0 saturated carbocycles. The van der Waals surface area contributed by atoms with Gasteiger partial charge in [0.05, 0.1) is 11.3 Å². The highest BCUT2D eigenvalue weighted by molar-refractivity contribution is 6.09. The molecule has 2 amide bonds. The molecule has 8 nitrogen and oxygen atoms in total. The number of rotatable bonds is 5. The smallest absolute Gasteiger partial charge is 0.433 e. The molecule has 0 aliphatic heterocycles. The van der Waals surface area contributed by atoms with Gasteiger partial charge in [-0.15, -0.1) is 0 Å². The summed E-state index contributed by atoms with van der Waals surface area (Å²) >= 11 is 0. The fourth-order valence-corrected chi connectivity index (χ4v) is 2.65. The maximum Gasteiger partial charge on any atom is 0.433 e. The Morgan fingerprint density at radius 2 is 1.84 bits per heavy atom. The third-order valence-electron chi connectivity index (χ3n) is 4.34. The molecule has 0 bridgehead atoms. The molecule has 0 radical (unpaired) electrons. The first-order valence-electron chi connectivity index (χ1n) is 8.90. The minimum absolute atomic E-state index is 0.000844. The monoisotopic (exact) mass is 434 g/mol. The molecule has 162 valence electrons. The van der Waals surface area contributed by atoms with Crippen LogP contribution < -0.4 is 10.6 Å². The van der Waals surface area contributed by atoms with Crippen molar-refractivity contribution in [1.29, 1.82) is 0 Å². The van der Waals surface area contributed by atoms with Gasteiger partial charge >= 0.3 is 6.18 Å². The molecule has 2 aromatic heterocycles. The Bertz CT molecular complexity index is 1110. The second kappa shape index (κ2) is 8.56.